The highest BCUT2D eigenvalue weighted by Gasteiger charge is 2.16. The van der Waals surface area contributed by atoms with E-state index in [1.54, 1.807) is 23.3 Å². The van der Waals surface area contributed by atoms with Crippen LogP contribution in [0.15, 0.2) is 30.7 Å². The Balaban J connectivity index is 2.35. The van der Waals surface area contributed by atoms with Gasteiger partial charge in [-0.2, -0.15) is 0 Å². The summed E-state index contributed by atoms with van der Waals surface area (Å²) in [7, 11) is 1.90. The molecule has 0 aromatic carbocycles. The van der Waals surface area contributed by atoms with Crippen LogP contribution in [0.25, 0.3) is 0 Å². The smallest absolute Gasteiger partial charge is 0.0798 e. The third-order valence-corrected chi connectivity index (χ3v) is 2.49. The van der Waals surface area contributed by atoms with Crippen molar-refractivity contribution in [3.63, 3.8) is 0 Å². The second-order valence-electron chi connectivity index (χ2n) is 3.55. The summed E-state index contributed by atoms with van der Waals surface area (Å²) in [6, 6.07) is 4.12. The quantitative estimate of drug-likeness (QED) is 0.827. The molecule has 1 unspecified atom stereocenters. The van der Waals surface area contributed by atoms with Crippen molar-refractivity contribution in [2.75, 3.05) is 6.54 Å². The van der Waals surface area contributed by atoms with E-state index < -0.39 is 0 Å². The van der Waals surface area contributed by atoms with Crippen molar-refractivity contribution in [3.05, 3.63) is 42.0 Å². The molecule has 1 atom stereocenters. The fourth-order valence-corrected chi connectivity index (χ4v) is 1.71. The number of pyridine rings is 1. The van der Waals surface area contributed by atoms with Crippen molar-refractivity contribution in [1.29, 1.82) is 0 Å². The van der Waals surface area contributed by atoms with Crippen LogP contribution in [0.4, 0.5) is 0 Å². The summed E-state index contributed by atoms with van der Waals surface area (Å²) in [6.45, 7) is 2.97. The van der Waals surface area contributed by atoms with Gasteiger partial charge in [0.2, 0.25) is 0 Å². The van der Waals surface area contributed by atoms with Gasteiger partial charge in [-0.1, -0.05) is 12.1 Å². The van der Waals surface area contributed by atoms with E-state index in [9.17, 15) is 0 Å². The summed E-state index contributed by atoms with van der Waals surface area (Å²) in [5.41, 5.74) is 2.22. The lowest BCUT2D eigenvalue weighted by atomic mass is 10.1. The van der Waals surface area contributed by atoms with Crippen LogP contribution in [0.3, 0.4) is 0 Å². The summed E-state index contributed by atoms with van der Waals surface area (Å²) in [5.74, 6) is 0. The Morgan fingerprint density at radius 1 is 1.38 bits per heavy atom. The minimum Gasteiger partial charge on any atom is -0.305 e. The van der Waals surface area contributed by atoms with Crippen molar-refractivity contribution in [2.45, 2.75) is 13.0 Å². The molecule has 0 bridgehead atoms. The Kier molecular flexibility index (Phi) is 3.26. The average Bonchev–Trinajstić information content (AvgIpc) is 2.73. The first kappa shape index (κ1) is 10.8. The molecule has 0 aliphatic carbocycles. The lowest BCUT2D eigenvalue weighted by Crippen LogP contribution is -2.24. The molecule has 0 spiro atoms. The van der Waals surface area contributed by atoms with Gasteiger partial charge in [0, 0.05) is 19.4 Å². The Morgan fingerprint density at radius 2 is 2.12 bits per heavy atom. The van der Waals surface area contributed by atoms with Gasteiger partial charge in [0.1, 0.15) is 0 Å². The van der Waals surface area contributed by atoms with Gasteiger partial charge in [-0.05, 0) is 24.2 Å². The van der Waals surface area contributed by atoms with Crippen LogP contribution < -0.4 is 5.32 Å². The Hall–Kier alpha value is -1.75. The number of aryl methyl sites for hydroxylation is 1. The normalized spacial score (nSPS) is 12.6. The first-order valence-corrected chi connectivity index (χ1v) is 5.30. The molecule has 0 fully saturated rings. The molecule has 0 aliphatic heterocycles. The van der Waals surface area contributed by atoms with Gasteiger partial charge in [-0.15, -0.1) is 5.10 Å². The van der Waals surface area contributed by atoms with Crippen LogP contribution in [0.1, 0.15) is 24.2 Å². The highest BCUT2D eigenvalue weighted by molar-refractivity contribution is 5.24. The van der Waals surface area contributed by atoms with Crippen LogP contribution in [-0.4, -0.2) is 26.5 Å². The molecule has 0 amide bonds. The molecule has 0 saturated carbocycles. The summed E-state index contributed by atoms with van der Waals surface area (Å²) >= 11 is 0. The molecule has 16 heavy (non-hydrogen) atoms. The maximum Gasteiger partial charge on any atom is 0.0798 e. The van der Waals surface area contributed by atoms with Crippen molar-refractivity contribution in [2.24, 2.45) is 7.05 Å². The summed E-state index contributed by atoms with van der Waals surface area (Å²) in [5, 5.41) is 11.3. The first-order valence-electron chi connectivity index (χ1n) is 5.30. The van der Waals surface area contributed by atoms with Crippen LogP contribution in [0.2, 0.25) is 0 Å². The third kappa shape index (κ3) is 2.09. The molecule has 5 nitrogen and oxygen atoms in total. The second-order valence-corrected chi connectivity index (χ2v) is 3.55. The average molecular weight is 217 g/mol. The van der Waals surface area contributed by atoms with Crippen LogP contribution >= 0.6 is 0 Å². The largest absolute Gasteiger partial charge is 0.305 e. The Bertz CT molecular complexity index is 437. The predicted octanol–water partition coefficient (Wildman–Crippen LogP) is 0.909. The van der Waals surface area contributed by atoms with E-state index in [0.717, 1.165) is 12.2 Å². The van der Waals surface area contributed by atoms with E-state index >= 15 is 0 Å². The van der Waals surface area contributed by atoms with Crippen molar-refractivity contribution >= 4 is 0 Å². The SMILES string of the molecule is CCNC(c1ccncc1)c1cnnn1C. The van der Waals surface area contributed by atoms with Gasteiger partial charge in [0.15, 0.2) is 0 Å². The molecule has 5 heteroatoms. The van der Waals surface area contributed by atoms with Gasteiger partial charge in [-0.3, -0.25) is 9.67 Å². The van der Waals surface area contributed by atoms with Gasteiger partial charge in [0.05, 0.1) is 17.9 Å². The highest BCUT2D eigenvalue weighted by Crippen LogP contribution is 2.19. The molecule has 2 aromatic heterocycles. The third-order valence-electron chi connectivity index (χ3n) is 2.49. The van der Waals surface area contributed by atoms with E-state index in [4.69, 9.17) is 0 Å². The summed E-state index contributed by atoms with van der Waals surface area (Å²) < 4.78 is 1.79. The Morgan fingerprint density at radius 3 is 2.69 bits per heavy atom. The van der Waals surface area contributed by atoms with E-state index in [2.05, 4.69) is 27.5 Å². The number of nitrogens with zero attached hydrogens (tertiary/aromatic N) is 4. The van der Waals surface area contributed by atoms with E-state index in [1.807, 2.05) is 19.2 Å². The van der Waals surface area contributed by atoms with Crippen LogP contribution in [0, 0.1) is 0 Å². The Labute approximate surface area is 94.5 Å². The number of hydrogen-bond donors (Lipinski definition) is 1. The predicted molar refractivity (Wildman–Crippen MR) is 60.8 cm³/mol. The fraction of sp³-hybridized carbons (Fsp3) is 0.364. The fourth-order valence-electron chi connectivity index (χ4n) is 1.71. The van der Waals surface area contributed by atoms with Gasteiger partial charge < -0.3 is 5.32 Å². The maximum atomic E-state index is 4.03. The van der Waals surface area contributed by atoms with Crippen molar-refractivity contribution in [3.8, 4) is 0 Å². The number of hydrogen-bond acceptors (Lipinski definition) is 4. The topological polar surface area (TPSA) is 55.6 Å². The number of aromatic nitrogens is 4. The van der Waals surface area contributed by atoms with Gasteiger partial charge in [-0.25, -0.2) is 0 Å². The van der Waals surface area contributed by atoms with Gasteiger partial charge >= 0.3 is 0 Å². The van der Waals surface area contributed by atoms with E-state index in [-0.39, 0.29) is 6.04 Å². The molecule has 0 radical (unpaired) electrons. The number of rotatable bonds is 4. The molecule has 2 rings (SSSR count). The zero-order valence-electron chi connectivity index (χ0n) is 9.46. The molecule has 0 saturated heterocycles. The molecule has 1 N–H and O–H groups in total. The molecular formula is C11H15N5. The van der Waals surface area contributed by atoms with Crippen molar-refractivity contribution < 1.29 is 0 Å². The summed E-state index contributed by atoms with van der Waals surface area (Å²) in [4.78, 5) is 4.03. The van der Waals surface area contributed by atoms with Crippen molar-refractivity contribution in [1.82, 2.24) is 25.3 Å². The zero-order valence-corrected chi connectivity index (χ0v) is 9.46. The lowest BCUT2D eigenvalue weighted by Gasteiger charge is -2.17. The second kappa shape index (κ2) is 4.85. The molecular weight excluding hydrogens is 202 g/mol. The monoisotopic (exact) mass is 217 g/mol. The lowest BCUT2D eigenvalue weighted by molar-refractivity contribution is 0.568. The minimum atomic E-state index is 0.119. The highest BCUT2D eigenvalue weighted by atomic mass is 15.4. The van der Waals surface area contributed by atoms with E-state index in [1.165, 1.54) is 5.56 Å². The molecule has 84 valence electrons. The van der Waals surface area contributed by atoms with Crippen LogP contribution in [0.5, 0.6) is 0 Å². The molecule has 0 aliphatic rings. The summed E-state index contributed by atoms with van der Waals surface area (Å²) in [6.07, 6.45) is 5.38. The molecule has 2 aromatic rings. The minimum absolute atomic E-state index is 0.119. The maximum absolute atomic E-state index is 4.03. The number of nitrogens with one attached hydrogen (secondary N) is 1. The zero-order chi connectivity index (χ0) is 11.4. The standard InChI is InChI=1S/C11H15N5/c1-3-13-11(9-4-6-12-7-5-9)10-8-14-15-16(10)2/h4-8,11,13H,3H2,1-2H3. The first-order chi connectivity index (χ1) is 7.83. The molecule has 2 heterocycles. The van der Waals surface area contributed by atoms with Crippen LogP contribution in [-0.2, 0) is 7.05 Å². The van der Waals surface area contributed by atoms with Gasteiger partial charge in [0.25, 0.3) is 0 Å². The van der Waals surface area contributed by atoms with E-state index in [0.29, 0.717) is 0 Å².